The maximum atomic E-state index is 2.49. The van der Waals surface area contributed by atoms with Gasteiger partial charge in [-0.05, 0) is 216 Å². The smallest absolute Gasteiger partial charge is 0.182 e. The molecule has 0 N–H and O–H groups in total. The number of nitrogens with zero attached hydrogens (tertiary/aromatic N) is 4. The minimum Gasteiger partial charge on any atom is -0.372 e. The highest BCUT2D eigenvalue weighted by molar-refractivity contribution is 7.24. The molecule has 0 atom stereocenters. The summed E-state index contributed by atoms with van der Waals surface area (Å²) in [5.74, 6) is 0. The summed E-state index contributed by atoms with van der Waals surface area (Å²) in [5, 5.41) is 5.87. The first-order chi connectivity index (χ1) is 37.7. The summed E-state index contributed by atoms with van der Waals surface area (Å²) < 4.78 is 0. The van der Waals surface area contributed by atoms with Gasteiger partial charge in [-0.1, -0.05) is 146 Å². The number of hydrogen-bond donors (Lipinski definition) is 0. The first-order valence-electron chi connectivity index (χ1n) is 28.5. The molecule has 0 fully saturated rings. The standard InChI is InChI=1S/C72H76N4Si/c1-9-73(10-2)61-37-25-53(26-38-61)17-21-57-33-45-69-65(49-57)66-50-58(22-18-54-27-39-62(40-28-54)74(11-3)12-4)34-46-70(66)77(69)71-47-35-59(23-19-55-29-41-63(42-30-55)75(13-5)14-6)51-67(71)68-52-60(36-48-72(68)77)24-20-56-31-43-64(44-32-56)76(15-7)16-8/h17-52H,9-16H2,1-8H3/b21-17+,22-18+,23-19+,24-20+. The van der Waals surface area contributed by atoms with Gasteiger partial charge in [-0.15, -0.1) is 0 Å². The molecule has 0 aromatic heterocycles. The lowest BCUT2D eigenvalue weighted by Crippen LogP contribution is -2.70. The van der Waals surface area contributed by atoms with Crippen molar-refractivity contribution in [3.63, 3.8) is 0 Å². The second kappa shape index (κ2) is 23.6. The van der Waals surface area contributed by atoms with E-state index in [-0.39, 0.29) is 0 Å². The van der Waals surface area contributed by atoms with E-state index >= 15 is 0 Å². The molecule has 8 aromatic carbocycles. The van der Waals surface area contributed by atoms with E-state index in [1.54, 1.807) is 0 Å². The number of benzene rings is 8. The van der Waals surface area contributed by atoms with Crippen molar-refractivity contribution < 1.29 is 0 Å². The first-order valence-corrected chi connectivity index (χ1v) is 30.5. The van der Waals surface area contributed by atoms with Crippen molar-refractivity contribution in [2.75, 3.05) is 72.0 Å². The van der Waals surface area contributed by atoms with Crippen LogP contribution in [0.5, 0.6) is 0 Å². The SMILES string of the molecule is CCN(CC)c1ccc(/C=C/c2ccc3c(c2)-c2cc(/C=C/c4ccc(N(CC)CC)cc4)ccc2[Si]32c3ccc(/C=C/c4ccc(N(CC)CC)cc4)cc3-c3cc(/C=C/c4ccc(N(CC)CC)cc4)ccc32)cc1. The third kappa shape index (κ3) is 10.5. The molecule has 0 amide bonds. The molecule has 77 heavy (non-hydrogen) atoms. The highest BCUT2D eigenvalue weighted by Gasteiger charge is 2.54. The van der Waals surface area contributed by atoms with Crippen LogP contribution in [0.3, 0.4) is 0 Å². The number of anilines is 4. The first kappa shape index (κ1) is 52.6. The maximum Gasteiger partial charge on any atom is 0.182 e. The molecule has 1 spiro atoms. The third-order valence-electron chi connectivity index (χ3n) is 16.3. The van der Waals surface area contributed by atoms with E-state index in [0.29, 0.717) is 0 Å². The highest BCUT2D eigenvalue weighted by atomic mass is 28.3. The van der Waals surface area contributed by atoms with Gasteiger partial charge in [0.15, 0.2) is 8.07 Å². The van der Waals surface area contributed by atoms with Crippen LogP contribution in [0, 0.1) is 0 Å². The molecular formula is C72H76N4Si. The summed E-state index contributed by atoms with van der Waals surface area (Å²) >= 11 is 0. The molecule has 5 heteroatoms. The lowest BCUT2D eigenvalue weighted by Gasteiger charge is -2.28. The van der Waals surface area contributed by atoms with Crippen LogP contribution in [0.4, 0.5) is 22.7 Å². The van der Waals surface area contributed by atoms with Crippen molar-refractivity contribution in [3.8, 4) is 22.3 Å². The Morgan fingerprint density at radius 3 is 0.584 bits per heavy atom. The fourth-order valence-corrected chi connectivity index (χ4v) is 17.6. The van der Waals surface area contributed by atoms with Gasteiger partial charge >= 0.3 is 0 Å². The summed E-state index contributed by atoms with van der Waals surface area (Å²) in [5.41, 5.74) is 20.1. The van der Waals surface area contributed by atoms with Crippen molar-refractivity contribution in [1.82, 2.24) is 0 Å². The monoisotopic (exact) mass is 1020 g/mol. The predicted molar refractivity (Wildman–Crippen MR) is 344 cm³/mol. The van der Waals surface area contributed by atoms with Crippen LogP contribution in [0.15, 0.2) is 170 Å². The Bertz CT molecular complexity index is 2970. The van der Waals surface area contributed by atoms with Gasteiger partial charge in [0.25, 0.3) is 0 Å². The van der Waals surface area contributed by atoms with Gasteiger partial charge in [0.2, 0.25) is 0 Å². The third-order valence-corrected chi connectivity index (χ3v) is 21.3. The minimum absolute atomic E-state index is 0.999. The van der Waals surface area contributed by atoms with Crippen LogP contribution in [-0.2, 0) is 0 Å². The van der Waals surface area contributed by atoms with Crippen LogP contribution in [0.2, 0.25) is 0 Å². The normalized spacial score (nSPS) is 13.0. The van der Waals surface area contributed by atoms with E-state index in [9.17, 15) is 0 Å². The zero-order valence-corrected chi connectivity index (χ0v) is 47.7. The van der Waals surface area contributed by atoms with Gasteiger partial charge in [0.05, 0.1) is 0 Å². The van der Waals surface area contributed by atoms with E-state index in [0.717, 1.165) is 52.4 Å². The van der Waals surface area contributed by atoms with Crippen LogP contribution in [-0.4, -0.2) is 60.4 Å². The fourth-order valence-electron chi connectivity index (χ4n) is 12.0. The molecule has 388 valence electrons. The molecule has 8 aromatic rings. The molecule has 0 bridgehead atoms. The lowest BCUT2D eigenvalue weighted by molar-refractivity contribution is 0.866. The van der Waals surface area contributed by atoms with Crippen molar-refractivity contribution in [2.24, 2.45) is 0 Å². The molecule has 2 aliphatic rings. The maximum absolute atomic E-state index is 2.80. The topological polar surface area (TPSA) is 13.0 Å². The second-order valence-corrected chi connectivity index (χ2v) is 24.0. The summed E-state index contributed by atoms with van der Waals surface area (Å²) in [6, 6.07) is 65.3. The molecule has 2 aliphatic heterocycles. The zero-order chi connectivity index (χ0) is 53.5. The predicted octanol–water partition coefficient (Wildman–Crippen LogP) is 15.1. The largest absolute Gasteiger partial charge is 0.372 e. The lowest BCUT2D eigenvalue weighted by atomic mass is 10.00. The Labute approximate surface area is 461 Å². The average molecular weight is 1030 g/mol. The van der Waals surface area contributed by atoms with Gasteiger partial charge in [0, 0.05) is 75.1 Å². The Morgan fingerprint density at radius 2 is 0.403 bits per heavy atom. The van der Waals surface area contributed by atoms with E-state index < -0.39 is 8.07 Å². The van der Waals surface area contributed by atoms with E-state index in [4.69, 9.17) is 0 Å². The van der Waals surface area contributed by atoms with Gasteiger partial charge in [-0.2, -0.15) is 0 Å². The van der Waals surface area contributed by atoms with E-state index in [2.05, 4.69) is 293 Å². The Balaban J connectivity index is 1.09. The summed E-state index contributed by atoms with van der Waals surface area (Å²) in [6.45, 7) is 25.8. The second-order valence-electron chi connectivity index (χ2n) is 20.4. The molecular weight excluding hydrogens is 949 g/mol. The molecule has 0 radical (unpaired) electrons. The molecule has 10 rings (SSSR count). The Morgan fingerprint density at radius 1 is 0.234 bits per heavy atom. The molecule has 0 saturated heterocycles. The molecule has 0 saturated carbocycles. The van der Waals surface area contributed by atoms with Crippen LogP contribution in [0.25, 0.3) is 70.9 Å². The van der Waals surface area contributed by atoms with Gasteiger partial charge in [0.1, 0.15) is 0 Å². The summed E-state index contributed by atoms with van der Waals surface area (Å²) in [6.07, 6.45) is 18.3. The van der Waals surface area contributed by atoms with Crippen molar-refractivity contribution in [2.45, 2.75) is 55.4 Å². The minimum atomic E-state index is -2.80. The van der Waals surface area contributed by atoms with Crippen LogP contribution >= 0.6 is 0 Å². The quantitative estimate of drug-likeness (QED) is 0.0557. The molecule has 2 heterocycles. The van der Waals surface area contributed by atoms with Gasteiger partial charge < -0.3 is 19.6 Å². The zero-order valence-electron chi connectivity index (χ0n) is 46.7. The highest BCUT2D eigenvalue weighted by Crippen LogP contribution is 2.39. The number of rotatable bonds is 20. The van der Waals surface area contributed by atoms with Crippen molar-refractivity contribution >= 4 is 100 Å². The number of hydrogen-bond acceptors (Lipinski definition) is 4. The number of fused-ring (bicyclic) bond motifs is 10. The van der Waals surface area contributed by atoms with Gasteiger partial charge in [-0.25, -0.2) is 0 Å². The molecule has 0 unspecified atom stereocenters. The van der Waals surface area contributed by atoms with Crippen LogP contribution < -0.4 is 40.3 Å². The van der Waals surface area contributed by atoms with Gasteiger partial charge in [-0.3, -0.25) is 0 Å². The Hall–Kier alpha value is -7.86. The van der Waals surface area contributed by atoms with E-state index in [1.165, 1.54) is 110 Å². The van der Waals surface area contributed by atoms with E-state index in [1.807, 2.05) is 0 Å². The Kier molecular flexibility index (Phi) is 16.1. The summed E-state index contributed by atoms with van der Waals surface area (Å²) in [4.78, 5) is 9.58. The average Bonchev–Trinajstić information content (AvgIpc) is 4.17. The fraction of sp³-hybridized carbons (Fsp3) is 0.222. The van der Waals surface area contributed by atoms with Crippen molar-refractivity contribution in [1.29, 1.82) is 0 Å². The molecule has 0 aliphatic carbocycles. The van der Waals surface area contributed by atoms with Crippen LogP contribution in [0.1, 0.15) is 99.9 Å². The van der Waals surface area contributed by atoms with Crippen molar-refractivity contribution in [3.05, 3.63) is 214 Å². The molecule has 4 nitrogen and oxygen atoms in total. The summed E-state index contributed by atoms with van der Waals surface area (Å²) in [7, 11) is -2.80.